The van der Waals surface area contributed by atoms with E-state index in [2.05, 4.69) is 15.5 Å². The van der Waals surface area contributed by atoms with Crippen LogP contribution in [-0.2, 0) is 17.5 Å². The van der Waals surface area contributed by atoms with E-state index >= 15 is 0 Å². The first-order valence-electron chi connectivity index (χ1n) is 9.44. The lowest BCUT2D eigenvalue weighted by Gasteiger charge is -2.12. The first-order chi connectivity index (χ1) is 14.4. The number of hydrazone groups is 1. The van der Waals surface area contributed by atoms with E-state index in [-0.39, 0.29) is 17.1 Å². The van der Waals surface area contributed by atoms with Crippen LogP contribution in [0.25, 0.3) is 10.9 Å². The van der Waals surface area contributed by atoms with Gasteiger partial charge < -0.3 is 4.74 Å². The molecule has 30 heavy (non-hydrogen) atoms. The molecule has 0 atom stereocenters. The minimum atomic E-state index is -4.43. The van der Waals surface area contributed by atoms with Crippen LogP contribution >= 0.6 is 0 Å². The fourth-order valence-corrected chi connectivity index (χ4v) is 2.89. The minimum absolute atomic E-state index is 0.207. The summed E-state index contributed by atoms with van der Waals surface area (Å²) in [5.74, 6) is 0.207. The molecule has 1 aromatic heterocycles. The summed E-state index contributed by atoms with van der Waals surface area (Å²) in [4.78, 5) is 17.3. The van der Waals surface area contributed by atoms with Gasteiger partial charge in [-0.3, -0.25) is 9.36 Å². The van der Waals surface area contributed by atoms with E-state index in [4.69, 9.17) is 4.74 Å². The molecule has 9 heteroatoms. The maximum absolute atomic E-state index is 12.9. The number of nitrogens with zero attached hydrogens (tertiary/aromatic N) is 3. The van der Waals surface area contributed by atoms with Crippen LogP contribution in [0.3, 0.4) is 0 Å². The molecule has 0 aliphatic heterocycles. The molecule has 158 valence electrons. The number of alkyl halides is 3. The molecule has 0 amide bonds. The summed E-state index contributed by atoms with van der Waals surface area (Å²) in [6.45, 7) is 3.32. The lowest BCUT2D eigenvalue weighted by molar-refractivity contribution is -0.137. The van der Waals surface area contributed by atoms with Crippen LogP contribution in [0, 0.1) is 0 Å². The van der Waals surface area contributed by atoms with Gasteiger partial charge in [0.2, 0.25) is 5.95 Å². The maximum Gasteiger partial charge on any atom is 0.416 e. The second kappa shape index (κ2) is 9.53. The molecule has 3 rings (SSSR count). The van der Waals surface area contributed by atoms with E-state index in [1.54, 1.807) is 24.3 Å². The molecule has 0 unspecified atom stereocenters. The van der Waals surface area contributed by atoms with Gasteiger partial charge in [-0.1, -0.05) is 24.3 Å². The molecule has 2 aromatic carbocycles. The molecule has 0 radical (unpaired) electrons. The summed E-state index contributed by atoms with van der Waals surface area (Å²) in [6.07, 6.45) is -2.58. The van der Waals surface area contributed by atoms with Crippen LogP contribution < -0.4 is 11.0 Å². The summed E-state index contributed by atoms with van der Waals surface area (Å²) >= 11 is 0. The van der Waals surface area contributed by atoms with Gasteiger partial charge >= 0.3 is 6.18 Å². The van der Waals surface area contributed by atoms with Crippen molar-refractivity contribution in [1.29, 1.82) is 0 Å². The third-order valence-corrected chi connectivity index (χ3v) is 4.33. The van der Waals surface area contributed by atoms with Gasteiger partial charge in [-0.05, 0) is 43.2 Å². The van der Waals surface area contributed by atoms with E-state index in [0.717, 1.165) is 12.1 Å². The zero-order valence-electron chi connectivity index (χ0n) is 16.3. The standard InChI is InChI=1S/C21H21F3N4O2/c1-2-30-12-6-11-28-19(29)17-9-3-4-10-18(17)26-20(28)27-25-14-15-7-5-8-16(13-15)21(22,23)24/h3-5,7-10,13-14H,2,6,11-12H2,1H3,(H,26,27)/b25-14-. The van der Waals surface area contributed by atoms with Crippen molar-refractivity contribution < 1.29 is 17.9 Å². The van der Waals surface area contributed by atoms with Gasteiger partial charge in [-0.15, -0.1) is 0 Å². The van der Waals surface area contributed by atoms with E-state index in [1.807, 2.05) is 6.92 Å². The second-order valence-corrected chi connectivity index (χ2v) is 6.45. The first kappa shape index (κ1) is 21.5. The van der Waals surface area contributed by atoms with Crippen LogP contribution in [0.2, 0.25) is 0 Å². The molecule has 0 spiro atoms. The Kier molecular flexibility index (Phi) is 6.83. The Balaban J connectivity index is 1.87. The van der Waals surface area contributed by atoms with Crippen molar-refractivity contribution in [3.63, 3.8) is 0 Å². The highest BCUT2D eigenvalue weighted by Crippen LogP contribution is 2.29. The number of para-hydroxylation sites is 1. The number of nitrogens with one attached hydrogen (secondary N) is 1. The Hall–Kier alpha value is -3.20. The van der Waals surface area contributed by atoms with Crippen molar-refractivity contribution in [2.45, 2.75) is 26.1 Å². The van der Waals surface area contributed by atoms with Crippen molar-refractivity contribution in [2.75, 3.05) is 18.6 Å². The highest BCUT2D eigenvalue weighted by Gasteiger charge is 2.30. The quantitative estimate of drug-likeness (QED) is 0.337. The number of halogens is 3. The maximum atomic E-state index is 12.9. The Morgan fingerprint density at radius 3 is 2.77 bits per heavy atom. The minimum Gasteiger partial charge on any atom is -0.382 e. The highest BCUT2D eigenvalue weighted by molar-refractivity contribution is 5.81. The zero-order valence-corrected chi connectivity index (χ0v) is 16.3. The Morgan fingerprint density at radius 1 is 1.20 bits per heavy atom. The summed E-state index contributed by atoms with van der Waals surface area (Å²) in [5, 5.41) is 4.47. The number of hydrogen-bond acceptors (Lipinski definition) is 5. The average Bonchev–Trinajstić information content (AvgIpc) is 2.72. The molecule has 0 aliphatic rings. The van der Waals surface area contributed by atoms with Crippen LogP contribution in [-0.4, -0.2) is 29.0 Å². The lowest BCUT2D eigenvalue weighted by atomic mass is 10.1. The third-order valence-electron chi connectivity index (χ3n) is 4.33. The molecule has 3 aromatic rings. The fraction of sp³-hybridized carbons (Fsp3) is 0.286. The van der Waals surface area contributed by atoms with E-state index < -0.39 is 11.7 Å². The average molecular weight is 418 g/mol. The Morgan fingerprint density at radius 2 is 2.00 bits per heavy atom. The topological polar surface area (TPSA) is 68.5 Å². The van der Waals surface area contributed by atoms with Crippen LogP contribution in [0.1, 0.15) is 24.5 Å². The SMILES string of the molecule is CCOCCCn1c(N/N=C\c2cccc(C(F)(F)F)c2)nc2ccccc2c1=O. The van der Waals surface area contributed by atoms with Gasteiger partial charge in [0.1, 0.15) is 0 Å². The fourth-order valence-electron chi connectivity index (χ4n) is 2.89. The van der Waals surface area contributed by atoms with E-state index in [0.29, 0.717) is 37.1 Å². The first-order valence-corrected chi connectivity index (χ1v) is 9.44. The molecular formula is C21H21F3N4O2. The van der Waals surface area contributed by atoms with Gasteiger partial charge in [-0.25, -0.2) is 10.4 Å². The predicted molar refractivity (Wildman–Crippen MR) is 110 cm³/mol. The Bertz CT molecular complexity index is 1090. The van der Waals surface area contributed by atoms with Crippen molar-refractivity contribution >= 4 is 23.1 Å². The smallest absolute Gasteiger partial charge is 0.382 e. The van der Waals surface area contributed by atoms with Gasteiger partial charge in [0.15, 0.2) is 0 Å². The molecule has 6 nitrogen and oxygen atoms in total. The molecule has 0 saturated heterocycles. The summed E-state index contributed by atoms with van der Waals surface area (Å²) in [6, 6.07) is 11.7. The number of rotatable bonds is 8. The van der Waals surface area contributed by atoms with E-state index in [9.17, 15) is 18.0 Å². The molecule has 0 aliphatic carbocycles. The number of benzene rings is 2. The molecule has 1 N–H and O–H groups in total. The summed E-state index contributed by atoms with van der Waals surface area (Å²) < 4.78 is 45.3. The van der Waals surface area contributed by atoms with Crippen molar-refractivity contribution in [3.8, 4) is 0 Å². The van der Waals surface area contributed by atoms with Gasteiger partial charge in [0, 0.05) is 19.8 Å². The largest absolute Gasteiger partial charge is 0.416 e. The predicted octanol–water partition coefficient (Wildman–Crippen LogP) is 4.29. The molecule has 1 heterocycles. The van der Waals surface area contributed by atoms with Gasteiger partial charge in [0.25, 0.3) is 5.56 Å². The zero-order chi connectivity index (χ0) is 21.6. The van der Waals surface area contributed by atoms with Crippen molar-refractivity contribution in [1.82, 2.24) is 9.55 Å². The Labute approximate surface area is 171 Å². The van der Waals surface area contributed by atoms with Crippen LogP contribution in [0.15, 0.2) is 58.4 Å². The number of aromatic nitrogens is 2. The molecule has 0 saturated carbocycles. The molecular weight excluding hydrogens is 397 g/mol. The van der Waals surface area contributed by atoms with Crippen LogP contribution in [0.5, 0.6) is 0 Å². The van der Waals surface area contributed by atoms with E-state index in [1.165, 1.54) is 22.9 Å². The van der Waals surface area contributed by atoms with Gasteiger partial charge in [-0.2, -0.15) is 18.3 Å². The second-order valence-electron chi connectivity index (χ2n) is 6.45. The number of fused-ring (bicyclic) bond motifs is 1. The third kappa shape index (κ3) is 5.24. The van der Waals surface area contributed by atoms with Crippen LogP contribution in [0.4, 0.5) is 19.1 Å². The molecule has 0 bridgehead atoms. The van der Waals surface area contributed by atoms with Gasteiger partial charge in [0.05, 0.1) is 22.7 Å². The summed E-state index contributed by atoms with van der Waals surface area (Å²) in [7, 11) is 0. The van der Waals surface area contributed by atoms with Crippen molar-refractivity contribution in [3.05, 3.63) is 70.0 Å². The monoisotopic (exact) mass is 418 g/mol. The summed E-state index contributed by atoms with van der Waals surface area (Å²) in [5.41, 5.74) is 2.47. The number of anilines is 1. The number of ether oxygens (including phenoxy) is 1. The number of hydrogen-bond donors (Lipinski definition) is 1. The van der Waals surface area contributed by atoms with Crippen molar-refractivity contribution in [2.24, 2.45) is 5.10 Å². The lowest BCUT2D eigenvalue weighted by Crippen LogP contribution is -2.25. The molecule has 0 fully saturated rings. The highest BCUT2D eigenvalue weighted by atomic mass is 19.4. The normalized spacial score (nSPS) is 12.0.